The highest BCUT2D eigenvalue weighted by Crippen LogP contribution is 2.23. The Morgan fingerprint density at radius 2 is 1.74 bits per heavy atom. The van der Waals surface area contributed by atoms with Crippen LogP contribution in [0.5, 0.6) is 0 Å². The highest BCUT2D eigenvalue weighted by molar-refractivity contribution is 9.10. The van der Waals surface area contributed by atoms with Crippen molar-refractivity contribution < 1.29 is 8.81 Å². The molecule has 0 spiro atoms. The molecule has 19 heavy (non-hydrogen) atoms. The average molecular weight is 319 g/mol. The summed E-state index contributed by atoms with van der Waals surface area (Å²) < 4.78 is 19.1. The molecule has 0 saturated heterocycles. The van der Waals surface area contributed by atoms with E-state index < -0.39 is 5.63 Å². The molecule has 0 N–H and O–H groups in total. The van der Waals surface area contributed by atoms with E-state index in [1.807, 2.05) is 12.1 Å². The van der Waals surface area contributed by atoms with Crippen molar-refractivity contribution in [2.75, 3.05) is 0 Å². The van der Waals surface area contributed by atoms with Crippen molar-refractivity contribution in [1.82, 2.24) is 0 Å². The molecule has 0 bridgehead atoms. The molecular formula is C15H8BrFO2. The van der Waals surface area contributed by atoms with E-state index in [9.17, 15) is 9.18 Å². The van der Waals surface area contributed by atoms with Crippen LogP contribution in [-0.2, 0) is 0 Å². The van der Waals surface area contributed by atoms with Gasteiger partial charge in [0.1, 0.15) is 11.4 Å². The van der Waals surface area contributed by atoms with Crippen molar-refractivity contribution in [2.45, 2.75) is 0 Å². The normalized spacial score (nSPS) is 10.8. The average Bonchev–Trinajstić information content (AvgIpc) is 2.40. The molecule has 0 radical (unpaired) electrons. The van der Waals surface area contributed by atoms with Crippen LogP contribution in [-0.4, -0.2) is 0 Å². The number of benzene rings is 2. The minimum absolute atomic E-state index is 0.336. The molecular weight excluding hydrogens is 311 g/mol. The van der Waals surface area contributed by atoms with Gasteiger partial charge in [-0.1, -0.05) is 28.1 Å². The molecule has 0 aliphatic rings. The predicted octanol–water partition coefficient (Wildman–Crippen LogP) is 4.36. The molecule has 0 unspecified atom stereocenters. The molecule has 2 nitrogen and oxygen atoms in total. The van der Waals surface area contributed by atoms with Gasteiger partial charge >= 0.3 is 5.63 Å². The Bertz CT molecular complexity index is 806. The molecule has 4 heteroatoms. The van der Waals surface area contributed by atoms with Crippen LogP contribution >= 0.6 is 15.9 Å². The summed E-state index contributed by atoms with van der Waals surface area (Å²) in [5, 5.41) is 0.813. The Labute approximate surface area is 116 Å². The van der Waals surface area contributed by atoms with Gasteiger partial charge in [-0.25, -0.2) is 9.18 Å². The molecule has 3 rings (SSSR count). The lowest BCUT2D eigenvalue weighted by molar-refractivity contribution is 0.563. The van der Waals surface area contributed by atoms with Crippen LogP contribution in [0.1, 0.15) is 0 Å². The first kappa shape index (κ1) is 12.1. The summed E-state index contributed by atoms with van der Waals surface area (Å²) in [5.41, 5.74) is 1.16. The monoisotopic (exact) mass is 318 g/mol. The van der Waals surface area contributed by atoms with Gasteiger partial charge in [0.25, 0.3) is 0 Å². The van der Waals surface area contributed by atoms with Crippen LogP contribution in [0.3, 0.4) is 0 Å². The Morgan fingerprint density at radius 1 is 1.00 bits per heavy atom. The second-order valence-electron chi connectivity index (χ2n) is 4.14. The predicted molar refractivity (Wildman–Crippen MR) is 75.6 cm³/mol. The van der Waals surface area contributed by atoms with Crippen LogP contribution in [0.2, 0.25) is 0 Å². The highest BCUT2D eigenvalue weighted by atomic mass is 79.9. The Hall–Kier alpha value is -1.94. The van der Waals surface area contributed by atoms with E-state index in [-0.39, 0.29) is 5.82 Å². The van der Waals surface area contributed by atoms with Crippen LogP contribution in [0.15, 0.2) is 62.2 Å². The standard InChI is InChI=1S/C15H8BrFO2/c16-11-3-6-14-10(7-11)8-13(15(18)19-14)9-1-4-12(17)5-2-9/h1-8H. The highest BCUT2D eigenvalue weighted by Gasteiger charge is 2.08. The van der Waals surface area contributed by atoms with Crippen molar-refractivity contribution >= 4 is 26.9 Å². The summed E-state index contributed by atoms with van der Waals surface area (Å²) in [5.74, 6) is -0.336. The van der Waals surface area contributed by atoms with Crippen LogP contribution in [0, 0.1) is 5.82 Å². The smallest absolute Gasteiger partial charge is 0.344 e. The molecule has 94 valence electrons. The summed E-state index contributed by atoms with van der Waals surface area (Å²) in [7, 11) is 0. The molecule has 0 fully saturated rings. The lowest BCUT2D eigenvalue weighted by Gasteiger charge is -2.03. The van der Waals surface area contributed by atoms with E-state index in [0.717, 1.165) is 9.86 Å². The van der Waals surface area contributed by atoms with Crippen LogP contribution in [0.4, 0.5) is 4.39 Å². The van der Waals surface area contributed by atoms with Gasteiger partial charge in [-0.05, 0) is 42.0 Å². The quantitative estimate of drug-likeness (QED) is 0.624. The summed E-state index contributed by atoms with van der Waals surface area (Å²) in [6, 6.07) is 12.9. The van der Waals surface area contributed by atoms with Crippen molar-refractivity contribution in [2.24, 2.45) is 0 Å². The fraction of sp³-hybridized carbons (Fsp3) is 0. The van der Waals surface area contributed by atoms with Crippen LogP contribution < -0.4 is 5.63 Å². The lowest BCUT2D eigenvalue weighted by atomic mass is 10.1. The second kappa shape index (κ2) is 4.63. The molecule has 1 aromatic heterocycles. The van der Waals surface area contributed by atoms with Crippen molar-refractivity contribution in [3.05, 3.63) is 69.2 Å². The first-order chi connectivity index (χ1) is 9.13. The minimum atomic E-state index is -0.429. The molecule has 3 aromatic rings. The zero-order valence-electron chi connectivity index (χ0n) is 9.69. The Kier molecular flexibility index (Phi) is 2.95. The fourth-order valence-corrected chi connectivity index (χ4v) is 2.30. The third-order valence-corrected chi connectivity index (χ3v) is 3.34. The van der Waals surface area contributed by atoms with E-state index >= 15 is 0 Å². The van der Waals surface area contributed by atoms with Gasteiger partial charge in [-0.15, -0.1) is 0 Å². The van der Waals surface area contributed by atoms with Crippen molar-refractivity contribution in [3.8, 4) is 11.1 Å². The van der Waals surface area contributed by atoms with E-state index in [1.165, 1.54) is 12.1 Å². The number of hydrogen-bond donors (Lipinski definition) is 0. The Balaban J connectivity index is 2.26. The fourth-order valence-electron chi connectivity index (χ4n) is 1.92. The molecule has 0 amide bonds. The first-order valence-corrected chi connectivity index (χ1v) is 6.42. The van der Waals surface area contributed by atoms with Gasteiger partial charge in [-0.3, -0.25) is 0 Å². The minimum Gasteiger partial charge on any atom is -0.422 e. The summed E-state index contributed by atoms with van der Waals surface area (Å²) in [4.78, 5) is 11.9. The zero-order valence-corrected chi connectivity index (χ0v) is 11.3. The topological polar surface area (TPSA) is 30.2 Å². The maximum absolute atomic E-state index is 12.9. The molecule has 0 aliphatic carbocycles. The van der Waals surface area contributed by atoms with E-state index in [0.29, 0.717) is 16.7 Å². The summed E-state index contributed by atoms with van der Waals surface area (Å²) in [6.07, 6.45) is 0. The second-order valence-corrected chi connectivity index (χ2v) is 5.05. The van der Waals surface area contributed by atoms with Crippen molar-refractivity contribution in [3.63, 3.8) is 0 Å². The van der Waals surface area contributed by atoms with Gasteiger partial charge in [0.2, 0.25) is 0 Å². The van der Waals surface area contributed by atoms with Crippen LogP contribution in [0.25, 0.3) is 22.1 Å². The summed E-state index contributed by atoms with van der Waals surface area (Å²) >= 11 is 3.37. The molecule has 0 saturated carbocycles. The molecule has 2 aromatic carbocycles. The van der Waals surface area contributed by atoms with Gasteiger partial charge < -0.3 is 4.42 Å². The number of fused-ring (bicyclic) bond motifs is 1. The lowest BCUT2D eigenvalue weighted by Crippen LogP contribution is -2.02. The molecule has 0 aliphatic heterocycles. The zero-order chi connectivity index (χ0) is 13.4. The molecule has 0 atom stereocenters. The Morgan fingerprint density at radius 3 is 2.47 bits per heavy atom. The first-order valence-electron chi connectivity index (χ1n) is 5.63. The van der Waals surface area contributed by atoms with Crippen molar-refractivity contribution in [1.29, 1.82) is 0 Å². The van der Waals surface area contributed by atoms with Gasteiger partial charge in [0.05, 0.1) is 5.56 Å². The van der Waals surface area contributed by atoms with Gasteiger partial charge in [0, 0.05) is 9.86 Å². The number of rotatable bonds is 1. The third-order valence-electron chi connectivity index (χ3n) is 2.85. The summed E-state index contributed by atoms with van der Waals surface area (Å²) in [6.45, 7) is 0. The molecule has 1 heterocycles. The third kappa shape index (κ3) is 2.31. The number of halogens is 2. The van der Waals surface area contributed by atoms with E-state index in [2.05, 4.69) is 15.9 Å². The maximum Gasteiger partial charge on any atom is 0.344 e. The van der Waals surface area contributed by atoms with Gasteiger partial charge in [-0.2, -0.15) is 0 Å². The largest absolute Gasteiger partial charge is 0.422 e. The van der Waals surface area contributed by atoms with E-state index in [1.54, 1.807) is 24.3 Å². The van der Waals surface area contributed by atoms with E-state index in [4.69, 9.17) is 4.42 Å². The maximum atomic E-state index is 12.9. The number of hydrogen-bond acceptors (Lipinski definition) is 2. The SMILES string of the molecule is O=c1oc2ccc(Br)cc2cc1-c1ccc(F)cc1. The van der Waals surface area contributed by atoms with Gasteiger partial charge in [0.15, 0.2) is 0 Å².